The summed E-state index contributed by atoms with van der Waals surface area (Å²) in [5, 5.41) is 10.7. The van der Waals surface area contributed by atoms with E-state index in [-0.39, 0.29) is 17.2 Å². The molecule has 0 spiro atoms. The normalized spacial score (nSPS) is 12.2. The number of nitrogens with one attached hydrogen (secondary N) is 1. The predicted molar refractivity (Wildman–Crippen MR) is 89.2 cm³/mol. The second-order valence-electron chi connectivity index (χ2n) is 4.58. The van der Waals surface area contributed by atoms with Crippen molar-refractivity contribution < 1.29 is 24.2 Å². The summed E-state index contributed by atoms with van der Waals surface area (Å²) in [4.78, 5) is 31.6. The highest BCUT2D eigenvalue weighted by atomic mass is 79.9. The Morgan fingerprint density at radius 2 is 1.87 bits per heavy atom. The molecular formula is C15H21BrN2O5. The Morgan fingerprint density at radius 1 is 1.30 bits per heavy atom. The van der Waals surface area contributed by atoms with Crippen LogP contribution in [0.2, 0.25) is 0 Å². The molecule has 0 bridgehead atoms. The minimum atomic E-state index is -1.03. The number of amides is 1. The fourth-order valence-corrected chi connectivity index (χ4v) is 1.61. The minimum Gasteiger partial charge on any atom is -0.480 e. The van der Waals surface area contributed by atoms with E-state index in [1.807, 2.05) is 30.3 Å². The highest BCUT2D eigenvalue weighted by Gasteiger charge is 2.13. The number of hydrogen-bond donors (Lipinski definition) is 3. The number of nitrogens with two attached hydrogens (primary N) is 1. The number of rotatable bonds is 6. The van der Waals surface area contributed by atoms with E-state index in [1.165, 1.54) is 14.0 Å². The van der Waals surface area contributed by atoms with Gasteiger partial charge in [0, 0.05) is 0 Å². The number of carboxylic acid groups (broad SMARTS) is 1. The first-order chi connectivity index (χ1) is 10.8. The van der Waals surface area contributed by atoms with Crippen molar-refractivity contribution in [2.45, 2.75) is 25.4 Å². The van der Waals surface area contributed by atoms with Crippen LogP contribution in [0.5, 0.6) is 0 Å². The Bertz CT molecular complexity index is 510. The second kappa shape index (κ2) is 11.6. The van der Waals surface area contributed by atoms with Gasteiger partial charge in [-0.25, -0.2) is 0 Å². The zero-order chi connectivity index (χ0) is 17.8. The van der Waals surface area contributed by atoms with Gasteiger partial charge in [-0.05, 0) is 18.9 Å². The number of esters is 1. The maximum Gasteiger partial charge on any atom is 0.325 e. The van der Waals surface area contributed by atoms with E-state index >= 15 is 0 Å². The molecule has 7 nitrogen and oxygen atoms in total. The van der Waals surface area contributed by atoms with Crippen LogP contribution in [0.1, 0.15) is 12.5 Å². The molecule has 2 atom stereocenters. The zero-order valence-corrected chi connectivity index (χ0v) is 14.6. The van der Waals surface area contributed by atoms with Gasteiger partial charge in [0.15, 0.2) is 0 Å². The quantitative estimate of drug-likeness (QED) is 0.487. The van der Waals surface area contributed by atoms with Crippen molar-refractivity contribution in [1.82, 2.24) is 5.32 Å². The fraction of sp³-hybridized carbons (Fsp3) is 0.400. The molecule has 0 aliphatic rings. The Labute approximate surface area is 143 Å². The molecule has 0 aliphatic carbocycles. The van der Waals surface area contributed by atoms with Crippen LogP contribution in [0, 0.1) is 0 Å². The molecule has 23 heavy (non-hydrogen) atoms. The number of ether oxygens (including phenoxy) is 1. The van der Waals surface area contributed by atoms with E-state index in [0.29, 0.717) is 6.42 Å². The van der Waals surface area contributed by atoms with Crippen molar-refractivity contribution in [3.63, 3.8) is 0 Å². The highest BCUT2D eigenvalue weighted by Crippen LogP contribution is 2.02. The number of carboxylic acids is 1. The summed E-state index contributed by atoms with van der Waals surface area (Å²) in [6.07, 6.45) is 0.521. The van der Waals surface area contributed by atoms with Crippen molar-refractivity contribution in [3.8, 4) is 0 Å². The highest BCUT2D eigenvalue weighted by molar-refractivity contribution is 9.09. The molecule has 0 saturated heterocycles. The average Bonchev–Trinajstić information content (AvgIpc) is 2.55. The van der Waals surface area contributed by atoms with Gasteiger partial charge in [-0.1, -0.05) is 46.3 Å². The number of benzene rings is 1. The molecule has 1 aromatic carbocycles. The van der Waals surface area contributed by atoms with E-state index < -0.39 is 18.1 Å². The largest absolute Gasteiger partial charge is 0.480 e. The topological polar surface area (TPSA) is 119 Å². The number of halogens is 1. The van der Waals surface area contributed by atoms with Gasteiger partial charge >= 0.3 is 11.9 Å². The molecule has 8 heteroatoms. The molecule has 128 valence electrons. The van der Waals surface area contributed by atoms with Gasteiger partial charge in [-0.2, -0.15) is 0 Å². The lowest BCUT2D eigenvalue weighted by Crippen LogP contribution is -2.38. The lowest BCUT2D eigenvalue weighted by molar-refractivity contribution is -0.142. The van der Waals surface area contributed by atoms with Crippen LogP contribution in [0.4, 0.5) is 0 Å². The molecule has 0 radical (unpaired) electrons. The third-order valence-electron chi connectivity index (χ3n) is 2.67. The first-order valence-corrected chi connectivity index (χ1v) is 7.89. The second-order valence-corrected chi connectivity index (χ2v) is 5.14. The molecule has 0 aliphatic heterocycles. The van der Waals surface area contributed by atoms with Crippen molar-refractivity contribution in [1.29, 1.82) is 0 Å². The summed E-state index contributed by atoms with van der Waals surface area (Å²) in [7, 11) is 1.34. The molecule has 1 aromatic rings. The van der Waals surface area contributed by atoms with Gasteiger partial charge < -0.3 is 20.9 Å². The first-order valence-electron chi connectivity index (χ1n) is 6.77. The van der Waals surface area contributed by atoms with E-state index in [9.17, 15) is 14.4 Å². The van der Waals surface area contributed by atoms with Crippen molar-refractivity contribution in [3.05, 3.63) is 35.9 Å². The minimum absolute atomic E-state index is 0.130. The monoisotopic (exact) mass is 388 g/mol. The summed E-state index contributed by atoms with van der Waals surface area (Å²) in [5.74, 6) is -1.73. The first kappa shape index (κ1) is 21.1. The number of hydrogen-bond acceptors (Lipinski definition) is 5. The smallest absolute Gasteiger partial charge is 0.325 e. The van der Waals surface area contributed by atoms with Gasteiger partial charge in [-0.15, -0.1) is 0 Å². The lowest BCUT2D eigenvalue weighted by Gasteiger charge is -2.08. The molecule has 0 heterocycles. The molecule has 0 aromatic heterocycles. The summed E-state index contributed by atoms with van der Waals surface area (Å²) in [5.41, 5.74) is 6.63. The van der Waals surface area contributed by atoms with Crippen LogP contribution in [0.15, 0.2) is 30.3 Å². The molecular weight excluding hydrogens is 368 g/mol. The predicted octanol–water partition coefficient (Wildman–Crippen LogP) is 0.700. The number of methoxy groups -OCH3 is 1. The lowest BCUT2D eigenvalue weighted by atomic mass is 10.1. The fourth-order valence-electron chi connectivity index (χ4n) is 1.44. The van der Waals surface area contributed by atoms with Gasteiger partial charge in [0.2, 0.25) is 5.91 Å². The van der Waals surface area contributed by atoms with E-state index in [2.05, 4.69) is 26.0 Å². The summed E-state index contributed by atoms with van der Waals surface area (Å²) >= 11 is 2.89. The van der Waals surface area contributed by atoms with Crippen LogP contribution >= 0.6 is 15.9 Å². The average molecular weight is 389 g/mol. The maximum atomic E-state index is 11.0. The Morgan fingerprint density at radius 3 is 2.30 bits per heavy atom. The van der Waals surface area contributed by atoms with Gasteiger partial charge in [-0.3, -0.25) is 14.4 Å². The van der Waals surface area contributed by atoms with Crippen molar-refractivity contribution >= 4 is 33.8 Å². The van der Waals surface area contributed by atoms with Gasteiger partial charge in [0.25, 0.3) is 0 Å². The molecule has 4 N–H and O–H groups in total. The molecule has 0 saturated carbocycles. The maximum absolute atomic E-state index is 11.0. The van der Waals surface area contributed by atoms with Crippen LogP contribution < -0.4 is 11.1 Å². The Balaban J connectivity index is 0.000000438. The summed E-state index contributed by atoms with van der Waals surface area (Å²) < 4.78 is 4.52. The molecule has 0 fully saturated rings. The number of aliphatic carboxylic acids is 1. The third-order valence-corrected chi connectivity index (χ3v) is 3.18. The zero-order valence-electron chi connectivity index (χ0n) is 13.0. The van der Waals surface area contributed by atoms with Crippen LogP contribution in [-0.2, 0) is 25.5 Å². The number of alkyl halides is 1. The summed E-state index contributed by atoms with van der Waals surface area (Å²) in [6, 6.07) is 8.25. The Kier molecular flexibility index (Phi) is 10.6. The SMILES string of the molecule is CC(NC(=O)CBr)C(=O)O.COC(=O)C(N)Cc1ccccc1. The molecule has 1 rings (SSSR count). The summed E-state index contributed by atoms with van der Waals surface area (Å²) in [6.45, 7) is 1.41. The molecule has 1 amide bonds. The van der Waals surface area contributed by atoms with Crippen molar-refractivity contribution in [2.75, 3.05) is 12.4 Å². The van der Waals surface area contributed by atoms with Crippen LogP contribution in [0.3, 0.4) is 0 Å². The van der Waals surface area contributed by atoms with Gasteiger partial charge in [0.1, 0.15) is 12.1 Å². The molecule has 2 unspecified atom stereocenters. The van der Waals surface area contributed by atoms with E-state index in [0.717, 1.165) is 5.56 Å². The number of carbonyl (C=O) groups excluding carboxylic acids is 2. The van der Waals surface area contributed by atoms with E-state index in [4.69, 9.17) is 10.8 Å². The number of carbonyl (C=O) groups is 3. The Hall–Kier alpha value is -1.93. The third kappa shape index (κ3) is 9.64. The standard InChI is InChI=1S/C10H13NO2.C5H8BrNO3/c1-13-10(12)9(11)7-8-5-3-2-4-6-8;1-3(5(9)10)7-4(8)2-6/h2-6,9H,7,11H2,1H3;3H,2H2,1H3,(H,7,8)(H,9,10). The van der Waals surface area contributed by atoms with Gasteiger partial charge in [0.05, 0.1) is 12.4 Å². The van der Waals surface area contributed by atoms with Crippen molar-refractivity contribution in [2.24, 2.45) is 5.73 Å². The van der Waals surface area contributed by atoms with Crippen LogP contribution in [0.25, 0.3) is 0 Å². The van der Waals surface area contributed by atoms with Crippen LogP contribution in [-0.4, -0.2) is 47.5 Å². The van der Waals surface area contributed by atoms with E-state index in [1.54, 1.807) is 0 Å².